The van der Waals surface area contributed by atoms with Crippen LogP contribution in [0.3, 0.4) is 0 Å². The number of amides is 1. The summed E-state index contributed by atoms with van der Waals surface area (Å²) in [5, 5.41) is 2.93. The van der Waals surface area contributed by atoms with Crippen LogP contribution in [0.1, 0.15) is 36.5 Å². The van der Waals surface area contributed by atoms with Crippen LogP contribution in [0, 0.1) is 5.82 Å². The number of anilines is 1. The first kappa shape index (κ1) is 10.9. The minimum Gasteiger partial charge on any atom is -0.398 e. The first-order valence-electron chi connectivity index (χ1n) is 5.38. The molecule has 0 unspecified atom stereocenters. The molecule has 1 amide bonds. The smallest absolute Gasteiger partial charge is 0.253 e. The fourth-order valence-corrected chi connectivity index (χ4v) is 1.91. The molecule has 1 aliphatic rings. The third-order valence-corrected chi connectivity index (χ3v) is 3.13. The average molecular weight is 222 g/mol. The molecule has 0 radical (unpaired) electrons. The number of hydrogen-bond acceptors (Lipinski definition) is 2. The molecule has 0 spiro atoms. The van der Waals surface area contributed by atoms with Gasteiger partial charge in [-0.1, -0.05) is 0 Å². The Morgan fingerprint density at radius 1 is 1.50 bits per heavy atom. The summed E-state index contributed by atoms with van der Waals surface area (Å²) in [4.78, 5) is 11.9. The zero-order valence-electron chi connectivity index (χ0n) is 9.22. The molecule has 3 nitrogen and oxygen atoms in total. The molecule has 1 fully saturated rings. The second kappa shape index (κ2) is 3.77. The number of halogens is 1. The minimum absolute atomic E-state index is 0.113. The van der Waals surface area contributed by atoms with Crippen LogP contribution in [0.2, 0.25) is 0 Å². The van der Waals surface area contributed by atoms with Crippen molar-refractivity contribution in [2.75, 3.05) is 5.73 Å². The van der Waals surface area contributed by atoms with E-state index in [1.54, 1.807) is 0 Å². The third-order valence-electron chi connectivity index (χ3n) is 3.13. The van der Waals surface area contributed by atoms with E-state index in [1.807, 2.05) is 6.92 Å². The van der Waals surface area contributed by atoms with Crippen molar-refractivity contribution in [1.29, 1.82) is 0 Å². The standard InChI is InChI=1S/C12H15FN2O/c1-12(5-2-6-12)15-11(16)9-4-3-8(13)7-10(9)14/h3-4,7H,2,5-6,14H2,1H3,(H,15,16). The minimum atomic E-state index is -0.427. The van der Waals surface area contributed by atoms with E-state index in [1.165, 1.54) is 12.1 Å². The highest BCUT2D eigenvalue weighted by atomic mass is 19.1. The molecule has 0 aromatic heterocycles. The van der Waals surface area contributed by atoms with Gasteiger partial charge in [-0.25, -0.2) is 4.39 Å². The number of benzene rings is 1. The van der Waals surface area contributed by atoms with Gasteiger partial charge >= 0.3 is 0 Å². The Labute approximate surface area is 93.8 Å². The predicted molar refractivity (Wildman–Crippen MR) is 60.5 cm³/mol. The molecule has 1 saturated carbocycles. The highest BCUT2D eigenvalue weighted by Gasteiger charge is 2.33. The molecule has 0 heterocycles. The summed E-state index contributed by atoms with van der Waals surface area (Å²) in [6.45, 7) is 2.01. The van der Waals surface area contributed by atoms with E-state index in [2.05, 4.69) is 5.32 Å². The maximum absolute atomic E-state index is 12.8. The van der Waals surface area contributed by atoms with Crippen LogP contribution < -0.4 is 11.1 Å². The number of nitrogens with two attached hydrogens (primary N) is 1. The fourth-order valence-electron chi connectivity index (χ4n) is 1.91. The Bertz CT molecular complexity index is 427. The highest BCUT2D eigenvalue weighted by molar-refractivity contribution is 5.99. The fraction of sp³-hybridized carbons (Fsp3) is 0.417. The number of carbonyl (C=O) groups is 1. The van der Waals surface area contributed by atoms with Crippen molar-refractivity contribution in [3.8, 4) is 0 Å². The van der Waals surface area contributed by atoms with Crippen LogP contribution in [-0.2, 0) is 0 Å². The van der Waals surface area contributed by atoms with Crippen LogP contribution >= 0.6 is 0 Å². The van der Waals surface area contributed by atoms with Gasteiger partial charge in [0.15, 0.2) is 0 Å². The lowest BCUT2D eigenvalue weighted by atomic mass is 9.78. The van der Waals surface area contributed by atoms with Crippen molar-refractivity contribution < 1.29 is 9.18 Å². The van der Waals surface area contributed by atoms with E-state index in [9.17, 15) is 9.18 Å². The van der Waals surface area contributed by atoms with Crippen LogP contribution in [-0.4, -0.2) is 11.4 Å². The van der Waals surface area contributed by atoms with Gasteiger partial charge in [-0.05, 0) is 44.4 Å². The summed E-state index contributed by atoms with van der Waals surface area (Å²) in [5.74, 6) is -0.649. The second-order valence-corrected chi connectivity index (χ2v) is 4.60. The zero-order chi connectivity index (χ0) is 11.8. The zero-order valence-corrected chi connectivity index (χ0v) is 9.22. The number of nitrogen functional groups attached to an aromatic ring is 1. The van der Waals surface area contributed by atoms with Crippen LogP contribution in [0.15, 0.2) is 18.2 Å². The molecule has 0 atom stereocenters. The van der Waals surface area contributed by atoms with Gasteiger partial charge < -0.3 is 11.1 Å². The van der Waals surface area contributed by atoms with Gasteiger partial charge in [0.1, 0.15) is 5.82 Å². The Morgan fingerprint density at radius 2 is 2.19 bits per heavy atom. The van der Waals surface area contributed by atoms with E-state index >= 15 is 0 Å². The number of hydrogen-bond donors (Lipinski definition) is 2. The van der Waals surface area contributed by atoms with Gasteiger partial charge in [0, 0.05) is 11.2 Å². The van der Waals surface area contributed by atoms with Gasteiger partial charge in [-0.3, -0.25) is 4.79 Å². The lowest BCUT2D eigenvalue weighted by Gasteiger charge is -2.39. The number of rotatable bonds is 2. The Morgan fingerprint density at radius 3 is 2.69 bits per heavy atom. The molecule has 0 saturated heterocycles. The van der Waals surface area contributed by atoms with Crippen molar-refractivity contribution >= 4 is 11.6 Å². The monoisotopic (exact) mass is 222 g/mol. The maximum Gasteiger partial charge on any atom is 0.253 e. The van der Waals surface area contributed by atoms with E-state index in [-0.39, 0.29) is 17.1 Å². The molecule has 1 aliphatic carbocycles. The summed E-state index contributed by atoms with van der Waals surface area (Å²) in [7, 11) is 0. The Kier molecular flexibility index (Phi) is 2.58. The van der Waals surface area contributed by atoms with Crippen molar-refractivity contribution in [2.24, 2.45) is 0 Å². The van der Waals surface area contributed by atoms with Gasteiger partial charge in [-0.15, -0.1) is 0 Å². The Balaban J connectivity index is 2.14. The van der Waals surface area contributed by atoms with E-state index in [4.69, 9.17) is 5.73 Å². The molecule has 2 rings (SSSR count). The van der Waals surface area contributed by atoms with Gasteiger partial charge in [0.2, 0.25) is 0 Å². The molecule has 4 heteroatoms. The first-order valence-corrected chi connectivity index (χ1v) is 5.38. The molecular formula is C12H15FN2O. The summed E-state index contributed by atoms with van der Waals surface area (Å²) in [5.41, 5.74) is 6.01. The molecule has 1 aromatic carbocycles. The van der Waals surface area contributed by atoms with Crippen molar-refractivity contribution in [2.45, 2.75) is 31.7 Å². The molecular weight excluding hydrogens is 207 g/mol. The summed E-state index contributed by atoms with van der Waals surface area (Å²) in [6.07, 6.45) is 3.11. The van der Waals surface area contributed by atoms with Crippen molar-refractivity contribution in [3.05, 3.63) is 29.6 Å². The second-order valence-electron chi connectivity index (χ2n) is 4.60. The van der Waals surface area contributed by atoms with Crippen LogP contribution in [0.25, 0.3) is 0 Å². The van der Waals surface area contributed by atoms with Crippen molar-refractivity contribution in [1.82, 2.24) is 5.32 Å². The quantitative estimate of drug-likeness (QED) is 0.753. The first-order chi connectivity index (χ1) is 7.50. The average Bonchev–Trinajstić information content (AvgIpc) is 2.14. The molecule has 3 N–H and O–H groups in total. The molecule has 0 bridgehead atoms. The van der Waals surface area contributed by atoms with E-state index in [0.717, 1.165) is 25.3 Å². The molecule has 1 aromatic rings. The van der Waals surface area contributed by atoms with Gasteiger partial charge in [-0.2, -0.15) is 0 Å². The third kappa shape index (κ3) is 2.01. The predicted octanol–water partition coefficient (Wildman–Crippen LogP) is 2.08. The molecule has 16 heavy (non-hydrogen) atoms. The molecule has 0 aliphatic heterocycles. The van der Waals surface area contributed by atoms with Gasteiger partial charge in [0.05, 0.1) is 5.56 Å². The van der Waals surface area contributed by atoms with E-state index < -0.39 is 5.82 Å². The maximum atomic E-state index is 12.8. The van der Waals surface area contributed by atoms with Crippen molar-refractivity contribution in [3.63, 3.8) is 0 Å². The summed E-state index contributed by atoms with van der Waals surface area (Å²) >= 11 is 0. The summed E-state index contributed by atoms with van der Waals surface area (Å²) in [6, 6.07) is 3.83. The lowest BCUT2D eigenvalue weighted by Crippen LogP contribution is -2.51. The molecule has 86 valence electrons. The van der Waals surface area contributed by atoms with E-state index in [0.29, 0.717) is 5.56 Å². The normalized spacial score (nSPS) is 17.6. The Hall–Kier alpha value is -1.58. The van der Waals surface area contributed by atoms with Crippen LogP contribution in [0.5, 0.6) is 0 Å². The highest BCUT2D eigenvalue weighted by Crippen LogP contribution is 2.31. The summed E-state index contributed by atoms with van der Waals surface area (Å²) < 4.78 is 12.8. The SMILES string of the molecule is CC1(NC(=O)c2ccc(F)cc2N)CCC1. The number of nitrogens with one attached hydrogen (secondary N) is 1. The van der Waals surface area contributed by atoms with Crippen LogP contribution in [0.4, 0.5) is 10.1 Å². The van der Waals surface area contributed by atoms with Gasteiger partial charge in [0.25, 0.3) is 5.91 Å². The topological polar surface area (TPSA) is 55.1 Å². The lowest BCUT2D eigenvalue weighted by molar-refractivity contribution is 0.0851. The number of carbonyl (C=O) groups excluding carboxylic acids is 1. The largest absolute Gasteiger partial charge is 0.398 e.